The van der Waals surface area contributed by atoms with Gasteiger partial charge < -0.3 is 14.0 Å². The molecule has 30 heavy (non-hydrogen) atoms. The SMILES string of the molecule is COCCn1c(=NC(=O)c2cccc(S(=O)(=O)C(C)C)c2)sc2cc(OC)ccc21. The van der Waals surface area contributed by atoms with Crippen molar-refractivity contribution in [3.8, 4) is 5.75 Å². The molecule has 160 valence electrons. The van der Waals surface area contributed by atoms with Gasteiger partial charge in [-0.25, -0.2) is 8.42 Å². The summed E-state index contributed by atoms with van der Waals surface area (Å²) in [5.41, 5.74) is 1.14. The molecule has 1 heterocycles. The number of hydrogen-bond acceptors (Lipinski definition) is 6. The van der Waals surface area contributed by atoms with E-state index in [9.17, 15) is 13.2 Å². The van der Waals surface area contributed by atoms with Gasteiger partial charge in [0.1, 0.15) is 5.75 Å². The fourth-order valence-corrected chi connectivity index (χ4v) is 5.08. The second-order valence-corrected chi connectivity index (χ2v) is 10.4. The summed E-state index contributed by atoms with van der Waals surface area (Å²) >= 11 is 1.36. The fourth-order valence-electron chi connectivity index (χ4n) is 2.89. The number of amides is 1. The van der Waals surface area contributed by atoms with E-state index in [1.165, 1.54) is 23.5 Å². The van der Waals surface area contributed by atoms with Gasteiger partial charge in [-0.3, -0.25) is 4.79 Å². The molecule has 0 saturated heterocycles. The van der Waals surface area contributed by atoms with E-state index in [1.807, 2.05) is 22.8 Å². The minimum atomic E-state index is -3.48. The van der Waals surface area contributed by atoms with Crippen LogP contribution in [0.4, 0.5) is 0 Å². The van der Waals surface area contributed by atoms with Crippen LogP contribution in [0.2, 0.25) is 0 Å². The molecule has 0 aliphatic rings. The Hall–Kier alpha value is -2.49. The Kier molecular flexibility index (Phi) is 6.74. The Bertz CT molecular complexity index is 1240. The molecule has 0 aliphatic heterocycles. The summed E-state index contributed by atoms with van der Waals surface area (Å²) in [4.78, 5) is 17.8. The van der Waals surface area contributed by atoms with Gasteiger partial charge >= 0.3 is 0 Å². The van der Waals surface area contributed by atoms with Crippen molar-refractivity contribution in [3.05, 3.63) is 52.8 Å². The van der Waals surface area contributed by atoms with Gasteiger partial charge in [0.2, 0.25) is 0 Å². The number of carbonyl (C=O) groups excluding carboxylic acids is 1. The van der Waals surface area contributed by atoms with Crippen LogP contribution in [0.1, 0.15) is 24.2 Å². The summed E-state index contributed by atoms with van der Waals surface area (Å²) < 4.78 is 38.2. The summed E-state index contributed by atoms with van der Waals surface area (Å²) in [6.45, 7) is 4.20. The lowest BCUT2D eigenvalue weighted by atomic mass is 10.2. The van der Waals surface area contributed by atoms with Crippen molar-refractivity contribution in [3.63, 3.8) is 0 Å². The number of thiazole rings is 1. The first-order valence-corrected chi connectivity index (χ1v) is 11.7. The molecular weight excluding hydrogens is 424 g/mol. The fraction of sp³-hybridized carbons (Fsp3) is 0.333. The Balaban J connectivity index is 2.09. The molecule has 0 saturated carbocycles. The molecule has 0 aliphatic carbocycles. The number of fused-ring (bicyclic) bond motifs is 1. The van der Waals surface area contributed by atoms with Crippen LogP contribution in [0.25, 0.3) is 10.2 Å². The first-order valence-electron chi connectivity index (χ1n) is 9.37. The van der Waals surface area contributed by atoms with Crippen molar-refractivity contribution < 1.29 is 22.7 Å². The van der Waals surface area contributed by atoms with Crippen molar-refractivity contribution >= 4 is 37.3 Å². The van der Waals surface area contributed by atoms with Gasteiger partial charge in [0.15, 0.2) is 14.6 Å². The van der Waals surface area contributed by atoms with E-state index in [0.29, 0.717) is 23.7 Å². The van der Waals surface area contributed by atoms with Crippen LogP contribution in [-0.4, -0.2) is 45.0 Å². The minimum absolute atomic E-state index is 0.117. The molecule has 1 amide bonds. The molecule has 0 radical (unpaired) electrons. The lowest BCUT2D eigenvalue weighted by Gasteiger charge is -2.08. The Morgan fingerprint density at radius 3 is 2.60 bits per heavy atom. The number of benzene rings is 2. The normalized spacial score (nSPS) is 12.6. The molecule has 1 aromatic heterocycles. The molecule has 3 aromatic rings. The highest BCUT2D eigenvalue weighted by molar-refractivity contribution is 7.92. The second kappa shape index (κ2) is 9.11. The van der Waals surface area contributed by atoms with Crippen molar-refractivity contribution in [2.75, 3.05) is 20.8 Å². The molecule has 9 heteroatoms. The maximum Gasteiger partial charge on any atom is 0.279 e. The first kappa shape index (κ1) is 22.2. The number of ether oxygens (including phenoxy) is 2. The van der Waals surface area contributed by atoms with Gasteiger partial charge in [-0.1, -0.05) is 17.4 Å². The average Bonchev–Trinajstić information content (AvgIpc) is 3.07. The predicted molar refractivity (Wildman–Crippen MR) is 117 cm³/mol. The smallest absolute Gasteiger partial charge is 0.279 e. The van der Waals surface area contributed by atoms with Gasteiger partial charge in [-0.2, -0.15) is 4.99 Å². The molecule has 0 bridgehead atoms. The number of methoxy groups -OCH3 is 2. The average molecular weight is 449 g/mol. The molecule has 0 atom stereocenters. The maximum atomic E-state index is 12.9. The number of hydrogen-bond donors (Lipinski definition) is 0. The molecule has 7 nitrogen and oxygen atoms in total. The van der Waals surface area contributed by atoms with E-state index < -0.39 is 21.0 Å². The van der Waals surface area contributed by atoms with Crippen molar-refractivity contribution in [1.82, 2.24) is 4.57 Å². The Morgan fingerprint density at radius 2 is 1.93 bits per heavy atom. The van der Waals surface area contributed by atoms with E-state index in [1.54, 1.807) is 40.2 Å². The minimum Gasteiger partial charge on any atom is -0.497 e. The third-order valence-corrected chi connectivity index (χ3v) is 7.83. The van der Waals surface area contributed by atoms with Crippen LogP contribution in [0, 0.1) is 0 Å². The number of aromatic nitrogens is 1. The van der Waals surface area contributed by atoms with Crippen LogP contribution < -0.4 is 9.54 Å². The standard InChI is InChI=1S/C21H24N2O5S2/c1-14(2)30(25,26)17-7-5-6-15(12-17)20(24)22-21-23(10-11-27-3)18-9-8-16(28-4)13-19(18)29-21/h5-9,12-14H,10-11H2,1-4H3. The second-order valence-electron chi connectivity index (χ2n) is 6.90. The zero-order valence-electron chi connectivity index (χ0n) is 17.3. The largest absolute Gasteiger partial charge is 0.497 e. The Morgan fingerprint density at radius 1 is 1.17 bits per heavy atom. The highest BCUT2D eigenvalue weighted by atomic mass is 32.2. The monoisotopic (exact) mass is 448 g/mol. The van der Waals surface area contributed by atoms with Gasteiger partial charge in [0.05, 0.1) is 34.1 Å². The molecular formula is C21H24N2O5S2. The number of sulfone groups is 1. The quantitative estimate of drug-likeness (QED) is 0.554. The summed E-state index contributed by atoms with van der Waals surface area (Å²) in [5, 5.41) is -0.575. The lowest BCUT2D eigenvalue weighted by molar-refractivity contribution is 0.0997. The zero-order chi connectivity index (χ0) is 21.9. The van der Waals surface area contributed by atoms with E-state index in [-0.39, 0.29) is 10.5 Å². The number of carbonyl (C=O) groups is 1. The molecule has 0 fully saturated rings. The summed E-state index contributed by atoms with van der Waals surface area (Å²) in [7, 11) is -0.271. The highest BCUT2D eigenvalue weighted by Gasteiger charge is 2.20. The van der Waals surface area contributed by atoms with E-state index in [0.717, 1.165) is 10.2 Å². The summed E-state index contributed by atoms with van der Waals surface area (Å²) in [5.74, 6) is 0.215. The van der Waals surface area contributed by atoms with Crippen LogP contribution in [0.15, 0.2) is 52.4 Å². The first-order chi connectivity index (χ1) is 14.3. The topological polar surface area (TPSA) is 87.0 Å². The van der Waals surface area contributed by atoms with Gasteiger partial charge in [-0.15, -0.1) is 0 Å². The summed E-state index contributed by atoms with van der Waals surface area (Å²) in [6.07, 6.45) is 0. The maximum absolute atomic E-state index is 12.9. The predicted octanol–water partition coefficient (Wildman–Crippen LogP) is 3.28. The van der Waals surface area contributed by atoms with Crippen molar-refractivity contribution in [2.24, 2.45) is 4.99 Å². The third kappa shape index (κ3) is 4.48. The molecule has 2 aromatic carbocycles. The van der Waals surface area contributed by atoms with E-state index in [2.05, 4.69) is 4.99 Å². The third-order valence-electron chi connectivity index (χ3n) is 4.64. The molecule has 0 N–H and O–H groups in total. The lowest BCUT2D eigenvalue weighted by Crippen LogP contribution is -2.19. The van der Waals surface area contributed by atoms with Crippen LogP contribution >= 0.6 is 11.3 Å². The van der Waals surface area contributed by atoms with Crippen LogP contribution in [0.5, 0.6) is 5.75 Å². The zero-order valence-corrected chi connectivity index (χ0v) is 18.9. The molecule has 0 spiro atoms. The molecule has 3 rings (SSSR count). The van der Waals surface area contributed by atoms with E-state index >= 15 is 0 Å². The number of rotatable bonds is 7. The van der Waals surface area contributed by atoms with Crippen molar-refractivity contribution in [2.45, 2.75) is 30.5 Å². The summed E-state index contributed by atoms with van der Waals surface area (Å²) in [6, 6.07) is 11.7. The van der Waals surface area contributed by atoms with Crippen LogP contribution in [-0.2, 0) is 21.1 Å². The Labute approximate surface area is 179 Å². The van der Waals surface area contributed by atoms with Gasteiger partial charge in [-0.05, 0) is 50.2 Å². The highest BCUT2D eigenvalue weighted by Crippen LogP contribution is 2.23. The van der Waals surface area contributed by atoms with Crippen molar-refractivity contribution in [1.29, 1.82) is 0 Å². The number of nitrogens with zero attached hydrogens (tertiary/aromatic N) is 2. The van der Waals surface area contributed by atoms with Gasteiger partial charge in [0.25, 0.3) is 5.91 Å². The van der Waals surface area contributed by atoms with Crippen LogP contribution in [0.3, 0.4) is 0 Å². The molecule has 0 unspecified atom stereocenters. The van der Waals surface area contributed by atoms with E-state index in [4.69, 9.17) is 9.47 Å². The van der Waals surface area contributed by atoms with Gasteiger partial charge in [0, 0.05) is 19.2 Å².